The van der Waals surface area contributed by atoms with E-state index < -0.39 is 23.7 Å². The zero-order valence-corrected chi connectivity index (χ0v) is 14.8. The first-order valence-electron chi connectivity index (χ1n) is 8.15. The number of carboxylic acid groups (broad SMARTS) is 1. The number of carbonyl (C=O) groups is 2. The van der Waals surface area contributed by atoms with Crippen molar-refractivity contribution in [3.05, 3.63) is 29.8 Å². The quantitative estimate of drug-likeness (QED) is 0.710. The molecule has 0 aliphatic rings. The lowest BCUT2D eigenvalue weighted by atomic mass is 10.1. The van der Waals surface area contributed by atoms with Crippen LogP contribution in [0, 0.1) is 0 Å². The Bertz CT molecular complexity index is 533. The van der Waals surface area contributed by atoms with Gasteiger partial charge in [-0.2, -0.15) is 0 Å². The Morgan fingerprint density at radius 2 is 1.83 bits per heavy atom. The molecule has 0 saturated carbocycles. The van der Waals surface area contributed by atoms with Crippen LogP contribution in [-0.4, -0.2) is 35.4 Å². The minimum Gasteiger partial charge on any atom is -0.494 e. The van der Waals surface area contributed by atoms with Gasteiger partial charge in [-0.1, -0.05) is 25.5 Å². The summed E-state index contributed by atoms with van der Waals surface area (Å²) < 4.78 is 10.7. The van der Waals surface area contributed by atoms with Crippen molar-refractivity contribution in [2.75, 3.05) is 6.61 Å². The van der Waals surface area contributed by atoms with Crippen LogP contribution in [0.2, 0.25) is 0 Å². The van der Waals surface area contributed by atoms with E-state index in [0.717, 1.165) is 24.2 Å². The van der Waals surface area contributed by atoms with Crippen LogP contribution in [-0.2, 0) is 16.0 Å². The highest BCUT2D eigenvalue weighted by Crippen LogP contribution is 2.14. The van der Waals surface area contributed by atoms with E-state index in [0.29, 0.717) is 6.61 Å². The predicted molar refractivity (Wildman–Crippen MR) is 91.3 cm³/mol. The number of alkyl carbamates (subject to hydrolysis) is 1. The smallest absolute Gasteiger partial charge is 0.408 e. The van der Waals surface area contributed by atoms with Crippen molar-refractivity contribution in [3.63, 3.8) is 0 Å². The van der Waals surface area contributed by atoms with Gasteiger partial charge in [-0.3, -0.25) is 0 Å². The third kappa shape index (κ3) is 7.85. The summed E-state index contributed by atoms with van der Waals surface area (Å²) in [5.74, 6) is -0.358. The number of carboxylic acids is 1. The lowest BCUT2D eigenvalue weighted by Gasteiger charge is -2.22. The summed E-state index contributed by atoms with van der Waals surface area (Å²) in [7, 11) is 0. The second-order valence-corrected chi connectivity index (χ2v) is 6.59. The van der Waals surface area contributed by atoms with Crippen LogP contribution in [0.5, 0.6) is 5.75 Å². The zero-order valence-electron chi connectivity index (χ0n) is 14.8. The summed E-state index contributed by atoms with van der Waals surface area (Å²) in [4.78, 5) is 23.1. The fraction of sp³-hybridized carbons (Fsp3) is 0.556. The molecule has 0 heterocycles. The van der Waals surface area contributed by atoms with Gasteiger partial charge in [-0.15, -0.1) is 0 Å². The van der Waals surface area contributed by atoms with Gasteiger partial charge in [0.1, 0.15) is 17.4 Å². The highest BCUT2D eigenvalue weighted by atomic mass is 16.6. The van der Waals surface area contributed by atoms with Crippen LogP contribution in [0.4, 0.5) is 4.79 Å². The van der Waals surface area contributed by atoms with E-state index >= 15 is 0 Å². The Balaban J connectivity index is 2.62. The number of ether oxygens (including phenoxy) is 2. The molecule has 0 aliphatic carbocycles. The molecule has 0 aromatic heterocycles. The lowest BCUT2D eigenvalue weighted by molar-refractivity contribution is -0.139. The molecule has 6 heteroatoms. The van der Waals surface area contributed by atoms with Crippen molar-refractivity contribution < 1.29 is 24.2 Å². The second-order valence-electron chi connectivity index (χ2n) is 6.59. The Hall–Kier alpha value is -2.24. The van der Waals surface area contributed by atoms with E-state index in [2.05, 4.69) is 12.2 Å². The molecule has 1 rings (SSSR count). The van der Waals surface area contributed by atoms with Gasteiger partial charge in [-0.05, 0) is 44.9 Å². The third-order valence-corrected chi connectivity index (χ3v) is 3.12. The van der Waals surface area contributed by atoms with Crippen molar-refractivity contribution in [2.45, 2.75) is 58.6 Å². The molecular weight excluding hydrogens is 310 g/mol. The lowest BCUT2D eigenvalue weighted by Crippen LogP contribution is -2.44. The number of hydrogen-bond acceptors (Lipinski definition) is 4. The number of rotatable bonds is 8. The summed E-state index contributed by atoms with van der Waals surface area (Å²) in [5, 5.41) is 11.7. The topological polar surface area (TPSA) is 84.9 Å². The average Bonchev–Trinajstić information content (AvgIpc) is 2.46. The standard InChI is InChI=1S/C18H27NO5/c1-5-6-11-23-14-9-7-13(8-10-14)12-15(16(20)21)19-17(22)24-18(2,3)4/h7-10,15H,5-6,11-12H2,1-4H3,(H,19,22)(H,20,21)/t15-/m0/s1. The Kier molecular flexibility index (Phi) is 7.55. The van der Waals surface area contributed by atoms with Crippen LogP contribution < -0.4 is 10.1 Å². The fourth-order valence-electron chi connectivity index (χ4n) is 1.94. The number of hydrogen-bond donors (Lipinski definition) is 2. The van der Waals surface area contributed by atoms with Gasteiger partial charge in [0.25, 0.3) is 0 Å². The average molecular weight is 337 g/mol. The molecule has 0 unspecified atom stereocenters. The maximum atomic E-state index is 11.7. The zero-order chi connectivity index (χ0) is 18.2. The van der Waals surface area contributed by atoms with Crippen molar-refractivity contribution >= 4 is 12.1 Å². The maximum Gasteiger partial charge on any atom is 0.408 e. The van der Waals surface area contributed by atoms with Crippen LogP contribution >= 0.6 is 0 Å². The molecule has 0 saturated heterocycles. The molecule has 0 radical (unpaired) electrons. The Morgan fingerprint density at radius 3 is 2.33 bits per heavy atom. The van der Waals surface area contributed by atoms with Crippen LogP contribution in [0.3, 0.4) is 0 Å². The summed E-state index contributed by atoms with van der Waals surface area (Å²) in [6.45, 7) is 7.92. The van der Waals surface area contributed by atoms with Gasteiger partial charge in [0, 0.05) is 6.42 Å². The van der Waals surface area contributed by atoms with Gasteiger partial charge < -0.3 is 19.9 Å². The van der Waals surface area contributed by atoms with Crippen molar-refractivity contribution in [2.24, 2.45) is 0 Å². The monoisotopic (exact) mass is 337 g/mol. The van der Waals surface area contributed by atoms with Gasteiger partial charge in [0.15, 0.2) is 0 Å². The van der Waals surface area contributed by atoms with E-state index in [9.17, 15) is 14.7 Å². The van der Waals surface area contributed by atoms with Crippen LogP contribution in [0.1, 0.15) is 46.1 Å². The van der Waals surface area contributed by atoms with E-state index in [1.165, 1.54) is 0 Å². The first-order chi connectivity index (χ1) is 11.2. The number of amides is 1. The molecule has 0 spiro atoms. The summed E-state index contributed by atoms with van der Waals surface area (Å²) in [6, 6.07) is 6.16. The van der Waals surface area contributed by atoms with Crippen molar-refractivity contribution in [1.29, 1.82) is 0 Å². The Morgan fingerprint density at radius 1 is 1.21 bits per heavy atom. The molecule has 2 N–H and O–H groups in total. The minimum atomic E-state index is -1.11. The predicted octanol–water partition coefficient (Wildman–Crippen LogP) is 3.39. The summed E-state index contributed by atoms with van der Waals surface area (Å²) in [5.41, 5.74) is 0.117. The molecule has 1 amide bonds. The number of benzene rings is 1. The highest BCUT2D eigenvalue weighted by molar-refractivity contribution is 5.80. The van der Waals surface area contributed by atoms with Gasteiger partial charge >= 0.3 is 12.1 Å². The summed E-state index contributed by atoms with van der Waals surface area (Å²) >= 11 is 0. The van der Waals surface area contributed by atoms with Crippen LogP contribution in [0.25, 0.3) is 0 Å². The number of unbranched alkanes of at least 4 members (excludes halogenated alkanes) is 1. The van der Waals surface area contributed by atoms with Crippen molar-refractivity contribution in [1.82, 2.24) is 5.32 Å². The SMILES string of the molecule is CCCCOc1ccc(C[C@H](NC(=O)OC(C)(C)C)C(=O)O)cc1. The molecule has 1 aromatic rings. The van der Waals surface area contributed by atoms with E-state index in [1.807, 2.05) is 0 Å². The van der Waals surface area contributed by atoms with E-state index in [1.54, 1.807) is 45.0 Å². The minimum absolute atomic E-state index is 0.170. The van der Waals surface area contributed by atoms with E-state index in [-0.39, 0.29) is 6.42 Å². The molecule has 1 aromatic carbocycles. The molecular formula is C18H27NO5. The number of carbonyl (C=O) groups excluding carboxylic acids is 1. The number of nitrogens with one attached hydrogen (secondary N) is 1. The Labute approximate surface area is 143 Å². The largest absolute Gasteiger partial charge is 0.494 e. The fourth-order valence-corrected chi connectivity index (χ4v) is 1.94. The maximum absolute atomic E-state index is 11.7. The molecule has 134 valence electrons. The van der Waals surface area contributed by atoms with E-state index in [4.69, 9.17) is 9.47 Å². The van der Waals surface area contributed by atoms with Gasteiger partial charge in [-0.25, -0.2) is 9.59 Å². The summed E-state index contributed by atoms with van der Waals surface area (Å²) in [6.07, 6.45) is 1.48. The normalized spacial score (nSPS) is 12.3. The molecule has 0 fully saturated rings. The molecule has 0 bridgehead atoms. The molecule has 6 nitrogen and oxygen atoms in total. The second kappa shape index (κ2) is 9.15. The first kappa shape index (κ1) is 19.8. The molecule has 1 atom stereocenters. The highest BCUT2D eigenvalue weighted by Gasteiger charge is 2.24. The van der Waals surface area contributed by atoms with Gasteiger partial charge in [0.05, 0.1) is 6.61 Å². The van der Waals surface area contributed by atoms with Crippen molar-refractivity contribution in [3.8, 4) is 5.75 Å². The molecule has 0 aliphatic heterocycles. The third-order valence-electron chi connectivity index (χ3n) is 3.12. The van der Waals surface area contributed by atoms with Gasteiger partial charge in [0.2, 0.25) is 0 Å². The molecule has 24 heavy (non-hydrogen) atoms. The number of aliphatic carboxylic acids is 1. The first-order valence-corrected chi connectivity index (χ1v) is 8.15. The van der Waals surface area contributed by atoms with Crippen LogP contribution in [0.15, 0.2) is 24.3 Å².